The molecule has 3 heterocycles. The second kappa shape index (κ2) is 5.01. The van der Waals surface area contributed by atoms with Crippen molar-refractivity contribution in [3.8, 4) is 0 Å². The molecule has 0 N–H and O–H groups in total. The number of hydrogen-bond donors (Lipinski definition) is 0. The largest absolute Gasteiger partial charge is 0.322 e. The molecule has 1 atom stereocenters. The van der Waals surface area contributed by atoms with E-state index in [0.717, 1.165) is 23.4 Å². The molecule has 0 radical (unpaired) electrons. The Balaban J connectivity index is 2.02. The Morgan fingerprint density at radius 1 is 1.37 bits per heavy atom. The number of rotatable bonds is 4. The van der Waals surface area contributed by atoms with Crippen LogP contribution in [0.3, 0.4) is 0 Å². The highest BCUT2D eigenvalue weighted by atomic mass is 35.5. The molecule has 0 aliphatic heterocycles. The van der Waals surface area contributed by atoms with Crippen molar-refractivity contribution in [3.63, 3.8) is 0 Å². The zero-order chi connectivity index (χ0) is 13.2. The Morgan fingerprint density at radius 3 is 3.00 bits per heavy atom. The zero-order valence-corrected chi connectivity index (χ0v) is 11.3. The summed E-state index contributed by atoms with van der Waals surface area (Å²) in [4.78, 5) is 8.62. The maximum absolute atomic E-state index is 6.00. The topological polar surface area (TPSA) is 48.5 Å². The number of halogens is 1. The van der Waals surface area contributed by atoms with Gasteiger partial charge in [0.15, 0.2) is 0 Å². The van der Waals surface area contributed by atoms with Crippen LogP contribution in [0.25, 0.3) is 11.0 Å². The van der Waals surface area contributed by atoms with Gasteiger partial charge in [-0.25, -0.2) is 4.98 Å². The Kier molecular flexibility index (Phi) is 3.21. The summed E-state index contributed by atoms with van der Waals surface area (Å²) < 4.78 is 4.07. The van der Waals surface area contributed by atoms with Gasteiger partial charge in [0.1, 0.15) is 11.3 Å². The van der Waals surface area contributed by atoms with Gasteiger partial charge in [0, 0.05) is 18.6 Å². The van der Waals surface area contributed by atoms with Crippen molar-refractivity contribution < 1.29 is 0 Å². The Bertz CT molecular complexity index is 673. The molecule has 0 saturated carbocycles. The van der Waals surface area contributed by atoms with Crippen LogP contribution in [0.5, 0.6) is 0 Å². The number of hydrogen-bond acceptors (Lipinski definition) is 3. The van der Waals surface area contributed by atoms with Crippen molar-refractivity contribution in [2.45, 2.75) is 25.4 Å². The van der Waals surface area contributed by atoms with E-state index in [2.05, 4.69) is 26.6 Å². The number of pyridine rings is 1. The Hall–Kier alpha value is -1.88. The molecule has 0 saturated heterocycles. The highest BCUT2D eigenvalue weighted by Gasteiger charge is 2.15. The van der Waals surface area contributed by atoms with E-state index in [4.69, 9.17) is 11.6 Å². The maximum Gasteiger partial charge on any atom is 0.125 e. The molecule has 1 unspecified atom stereocenters. The first-order valence-corrected chi connectivity index (χ1v) is 6.67. The lowest BCUT2D eigenvalue weighted by Crippen LogP contribution is -2.15. The van der Waals surface area contributed by atoms with Crippen LogP contribution < -0.4 is 0 Å². The van der Waals surface area contributed by atoms with Gasteiger partial charge >= 0.3 is 0 Å². The summed E-state index contributed by atoms with van der Waals surface area (Å²) in [5.41, 5.74) is 1.94. The molecule has 3 rings (SSSR count). The van der Waals surface area contributed by atoms with Gasteiger partial charge in [0.2, 0.25) is 0 Å². The second-order valence-corrected chi connectivity index (χ2v) is 4.74. The van der Waals surface area contributed by atoms with Crippen LogP contribution >= 0.6 is 11.6 Å². The second-order valence-electron chi connectivity index (χ2n) is 4.47. The number of alkyl halides is 1. The molecule has 0 spiro atoms. The minimum absolute atomic E-state index is 0.223. The van der Waals surface area contributed by atoms with E-state index in [1.165, 1.54) is 0 Å². The minimum Gasteiger partial charge on any atom is -0.322 e. The average Bonchev–Trinajstić information content (AvgIpc) is 3.04. The molecule has 5 nitrogen and oxygen atoms in total. The van der Waals surface area contributed by atoms with Crippen molar-refractivity contribution in [3.05, 3.63) is 42.7 Å². The van der Waals surface area contributed by atoms with Crippen molar-refractivity contribution in [2.24, 2.45) is 0 Å². The van der Waals surface area contributed by atoms with Gasteiger partial charge in [-0.1, -0.05) is 0 Å². The minimum atomic E-state index is 0.223. The van der Waals surface area contributed by atoms with Crippen LogP contribution in [0, 0.1) is 0 Å². The summed E-state index contributed by atoms with van der Waals surface area (Å²) in [5, 5.41) is 4.24. The van der Waals surface area contributed by atoms with Gasteiger partial charge in [-0.2, -0.15) is 5.10 Å². The van der Waals surface area contributed by atoms with Crippen molar-refractivity contribution in [1.82, 2.24) is 24.3 Å². The Morgan fingerprint density at radius 2 is 2.26 bits per heavy atom. The van der Waals surface area contributed by atoms with E-state index in [1.807, 2.05) is 23.0 Å². The molecule has 6 heteroatoms. The third-order valence-electron chi connectivity index (χ3n) is 3.14. The first kappa shape index (κ1) is 12.2. The number of aromatic nitrogens is 5. The summed E-state index contributed by atoms with van der Waals surface area (Å²) in [7, 11) is 0. The predicted molar refractivity (Wildman–Crippen MR) is 74.0 cm³/mol. The molecule has 0 amide bonds. The van der Waals surface area contributed by atoms with Crippen molar-refractivity contribution >= 4 is 22.6 Å². The highest BCUT2D eigenvalue weighted by Crippen LogP contribution is 2.22. The maximum atomic E-state index is 6.00. The van der Waals surface area contributed by atoms with E-state index in [1.54, 1.807) is 18.6 Å². The molecule has 0 aliphatic carbocycles. The standard InChI is InChI=1S/C13H14ClN5/c1-10(9-18-6-2-4-16-18)19-12-3-5-15-8-11(12)17-13(19)7-14/h2-6,8,10H,7,9H2,1H3. The molecular formula is C13H14ClN5. The smallest absolute Gasteiger partial charge is 0.125 e. The number of fused-ring (bicyclic) bond motifs is 1. The molecule has 0 bridgehead atoms. The Labute approximate surface area is 115 Å². The molecule has 19 heavy (non-hydrogen) atoms. The molecule has 3 aromatic heterocycles. The molecule has 3 aromatic rings. The molecular weight excluding hydrogens is 262 g/mol. The van der Waals surface area contributed by atoms with Crippen LogP contribution in [0.2, 0.25) is 0 Å². The van der Waals surface area contributed by atoms with E-state index in [0.29, 0.717) is 5.88 Å². The van der Waals surface area contributed by atoms with Crippen LogP contribution in [-0.4, -0.2) is 24.3 Å². The monoisotopic (exact) mass is 275 g/mol. The van der Waals surface area contributed by atoms with Gasteiger partial charge in [-0.05, 0) is 19.1 Å². The SMILES string of the molecule is CC(Cn1cccn1)n1c(CCl)nc2cnccc21. The number of imidazole rings is 1. The fourth-order valence-corrected chi connectivity index (χ4v) is 2.54. The van der Waals surface area contributed by atoms with Crippen LogP contribution in [-0.2, 0) is 12.4 Å². The first-order valence-electron chi connectivity index (χ1n) is 6.14. The summed E-state index contributed by atoms with van der Waals surface area (Å²) in [6.07, 6.45) is 7.28. The normalized spacial score (nSPS) is 12.9. The van der Waals surface area contributed by atoms with Gasteiger partial charge in [0.25, 0.3) is 0 Å². The van der Waals surface area contributed by atoms with Crippen LogP contribution in [0.4, 0.5) is 0 Å². The number of nitrogens with zero attached hydrogens (tertiary/aromatic N) is 5. The fraction of sp³-hybridized carbons (Fsp3) is 0.308. The quantitative estimate of drug-likeness (QED) is 0.688. The molecule has 0 fully saturated rings. The highest BCUT2D eigenvalue weighted by molar-refractivity contribution is 6.16. The fourth-order valence-electron chi connectivity index (χ4n) is 2.35. The lowest BCUT2D eigenvalue weighted by molar-refractivity contribution is 0.438. The predicted octanol–water partition coefficient (Wildman–Crippen LogP) is 2.63. The van der Waals surface area contributed by atoms with Gasteiger partial charge in [0.05, 0.1) is 30.2 Å². The van der Waals surface area contributed by atoms with E-state index in [9.17, 15) is 0 Å². The lowest BCUT2D eigenvalue weighted by Gasteiger charge is -2.17. The summed E-state index contributed by atoms with van der Waals surface area (Å²) >= 11 is 6.00. The van der Waals surface area contributed by atoms with E-state index < -0.39 is 0 Å². The molecule has 0 aliphatic rings. The van der Waals surface area contributed by atoms with Gasteiger partial charge in [-0.3, -0.25) is 9.67 Å². The van der Waals surface area contributed by atoms with Crippen molar-refractivity contribution in [1.29, 1.82) is 0 Å². The average molecular weight is 276 g/mol. The van der Waals surface area contributed by atoms with Crippen molar-refractivity contribution in [2.75, 3.05) is 0 Å². The van der Waals surface area contributed by atoms with E-state index in [-0.39, 0.29) is 6.04 Å². The summed E-state index contributed by atoms with van der Waals surface area (Å²) in [6, 6.07) is 4.12. The molecule has 0 aromatic carbocycles. The summed E-state index contributed by atoms with van der Waals surface area (Å²) in [6.45, 7) is 2.92. The van der Waals surface area contributed by atoms with Gasteiger partial charge < -0.3 is 4.57 Å². The van der Waals surface area contributed by atoms with Gasteiger partial charge in [-0.15, -0.1) is 11.6 Å². The van der Waals surface area contributed by atoms with Crippen LogP contribution in [0.15, 0.2) is 36.9 Å². The van der Waals surface area contributed by atoms with E-state index >= 15 is 0 Å². The summed E-state index contributed by atoms with van der Waals surface area (Å²) in [5.74, 6) is 1.25. The third-order valence-corrected chi connectivity index (χ3v) is 3.37. The third kappa shape index (κ3) is 2.21. The zero-order valence-electron chi connectivity index (χ0n) is 10.6. The van der Waals surface area contributed by atoms with Crippen LogP contribution in [0.1, 0.15) is 18.8 Å². The molecule has 98 valence electrons. The lowest BCUT2D eigenvalue weighted by atomic mass is 10.3. The first-order chi connectivity index (χ1) is 9.29.